The average Bonchev–Trinajstić information content (AvgIpc) is 2.76. The van der Waals surface area contributed by atoms with Crippen molar-refractivity contribution in [3.05, 3.63) is 40.2 Å². The molecule has 2 bridgehead atoms. The molecule has 33 heavy (non-hydrogen) atoms. The Kier molecular flexibility index (Phi) is 5.77. The number of amides is 1. The number of anilines is 4. The van der Waals surface area contributed by atoms with Gasteiger partial charge in [-0.3, -0.25) is 19.4 Å². The molecule has 4 heterocycles. The lowest BCUT2D eigenvalue weighted by Crippen LogP contribution is -2.54. The molecular formula is C20H23N7O6. The lowest BCUT2D eigenvalue weighted by atomic mass is 10.1. The van der Waals surface area contributed by atoms with E-state index in [0.29, 0.717) is 24.5 Å². The number of aliphatic carboxylic acids is 2. The van der Waals surface area contributed by atoms with Gasteiger partial charge in [0, 0.05) is 30.8 Å². The number of carboxylic acids is 2. The number of aromatic nitrogens is 2. The number of rotatable bonds is 7. The van der Waals surface area contributed by atoms with Crippen molar-refractivity contribution in [3.8, 4) is 0 Å². The minimum atomic E-state index is -1.31. The molecule has 0 aliphatic carbocycles. The molecular weight excluding hydrogens is 434 g/mol. The zero-order valence-corrected chi connectivity index (χ0v) is 17.4. The van der Waals surface area contributed by atoms with E-state index in [1.807, 2.05) is 0 Å². The number of benzene rings is 1. The summed E-state index contributed by atoms with van der Waals surface area (Å²) in [5.74, 6) is -2.59. The maximum absolute atomic E-state index is 13.1. The van der Waals surface area contributed by atoms with Crippen molar-refractivity contribution in [3.63, 3.8) is 0 Å². The predicted molar refractivity (Wildman–Crippen MR) is 118 cm³/mol. The first-order valence-corrected chi connectivity index (χ1v) is 10.2. The Morgan fingerprint density at radius 2 is 1.94 bits per heavy atom. The van der Waals surface area contributed by atoms with Gasteiger partial charge in [-0.1, -0.05) is 0 Å². The minimum Gasteiger partial charge on any atom is -0.481 e. The molecule has 0 fully saturated rings. The first-order valence-electron chi connectivity index (χ1n) is 10.2. The summed E-state index contributed by atoms with van der Waals surface area (Å²) in [4.78, 5) is 57.7. The second kappa shape index (κ2) is 8.68. The third-order valence-corrected chi connectivity index (χ3v) is 5.60. The highest BCUT2D eigenvalue weighted by molar-refractivity contribution is 5.97. The molecule has 0 spiro atoms. The quantitative estimate of drug-likeness (QED) is 0.322. The highest BCUT2D eigenvalue weighted by atomic mass is 16.4. The number of carboxylic acid groups (broad SMARTS) is 2. The highest BCUT2D eigenvalue weighted by Crippen LogP contribution is 2.26. The summed E-state index contributed by atoms with van der Waals surface area (Å²) in [6.07, 6.45) is -0.610. The van der Waals surface area contributed by atoms with E-state index in [1.54, 1.807) is 29.2 Å². The maximum Gasteiger partial charge on any atom is 0.326 e. The van der Waals surface area contributed by atoms with E-state index in [4.69, 9.17) is 10.8 Å². The van der Waals surface area contributed by atoms with Crippen LogP contribution < -0.4 is 26.8 Å². The van der Waals surface area contributed by atoms with Crippen molar-refractivity contribution in [2.45, 2.75) is 24.9 Å². The molecule has 0 saturated heterocycles. The Morgan fingerprint density at radius 3 is 2.61 bits per heavy atom. The second-order valence-corrected chi connectivity index (χ2v) is 7.87. The van der Waals surface area contributed by atoms with Gasteiger partial charge in [0.25, 0.3) is 11.5 Å². The van der Waals surface area contributed by atoms with Crippen molar-refractivity contribution in [1.82, 2.24) is 14.9 Å². The van der Waals surface area contributed by atoms with Crippen molar-refractivity contribution in [2.24, 2.45) is 0 Å². The SMILES string of the molecule is Nc1nc2c(c(=O)[nH]1)NC(CN1CN(C(CCC(=O)O)C(=O)O)C(=O)c3ccc1cc3)CN2. The van der Waals surface area contributed by atoms with Crippen molar-refractivity contribution < 1.29 is 24.6 Å². The van der Waals surface area contributed by atoms with Gasteiger partial charge >= 0.3 is 11.9 Å². The molecule has 1 aromatic heterocycles. The van der Waals surface area contributed by atoms with Gasteiger partial charge in [0.2, 0.25) is 5.95 Å². The van der Waals surface area contributed by atoms with E-state index in [-0.39, 0.29) is 37.2 Å². The van der Waals surface area contributed by atoms with Gasteiger partial charge in [-0.2, -0.15) is 4.98 Å². The maximum atomic E-state index is 13.1. The smallest absolute Gasteiger partial charge is 0.326 e. The van der Waals surface area contributed by atoms with Crippen LogP contribution in [0.25, 0.3) is 0 Å². The molecule has 1 aromatic carbocycles. The summed E-state index contributed by atoms with van der Waals surface area (Å²) in [5.41, 5.74) is 6.45. The summed E-state index contributed by atoms with van der Waals surface area (Å²) in [6.45, 7) is 0.641. The van der Waals surface area contributed by atoms with E-state index in [1.165, 1.54) is 4.90 Å². The average molecular weight is 457 g/mol. The van der Waals surface area contributed by atoms with E-state index >= 15 is 0 Å². The van der Waals surface area contributed by atoms with Crippen LogP contribution in [0.5, 0.6) is 0 Å². The molecule has 2 atom stereocenters. The van der Waals surface area contributed by atoms with Crippen LogP contribution in [0.3, 0.4) is 0 Å². The topological polar surface area (TPSA) is 194 Å². The molecule has 3 aliphatic rings. The number of aromatic amines is 1. The number of carbonyl (C=O) groups is 3. The number of hydrogen-bond acceptors (Lipinski definition) is 9. The number of nitrogen functional groups attached to an aromatic ring is 1. The number of H-pyrrole nitrogens is 1. The fraction of sp³-hybridized carbons (Fsp3) is 0.350. The fourth-order valence-corrected chi connectivity index (χ4v) is 3.99. The Labute approximate surface area is 187 Å². The summed E-state index contributed by atoms with van der Waals surface area (Å²) in [7, 11) is 0. The Morgan fingerprint density at radius 1 is 1.21 bits per heavy atom. The molecule has 13 heteroatoms. The highest BCUT2D eigenvalue weighted by Gasteiger charge is 2.34. The van der Waals surface area contributed by atoms with E-state index in [0.717, 1.165) is 5.69 Å². The predicted octanol–water partition coefficient (Wildman–Crippen LogP) is -0.204. The number of fused-ring (bicyclic) bond motifs is 6. The van der Waals surface area contributed by atoms with Crippen LogP contribution >= 0.6 is 0 Å². The van der Waals surface area contributed by atoms with Crippen molar-refractivity contribution in [1.29, 1.82) is 0 Å². The standard InChI is InChI=1S/C20H23N7O6/c21-20-24-16-15(17(30)25-20)23-11(7-22-16)8-26-9-27(13(19(32)33)5-6-14(28)29)18(31)10-1-3-12(26)4-2-10/h1-4,11,13,23H,5-9H2,(H,28,29)(H,32,33)(H4,21,22,24,25,30). The third kappa shape index (κ3) is 4.51. The molecule has 13 nitrogen and oxygen atoms in total. The summed E-state index contributed by atoms with van der Waals surface area (Å²) in [5, 5.41) is 24.9. The zero-order chi connectivity index (χ0) is 23.7. The van der Waals surface area contributed by atoms with E-state index in [2.05, 4.69) is 20.6 Å². The van der Waals surface area contributed by atoms with Crippen LogP contribution in [0, 0.1) is 0 Å². The van der Waals surface area contributed by atoms with Gasteiger partial charge in [-0.15, -0.1) is 0 Å². The van der Waals surface area contributed by atoms with Gasteiger partial charge < -0.3 is 36.4 Å². The van der Waals surface area contributed by atoms with Crippen molar-refractivity contribution in [2.75, 3.05) is 41.0 Å². The van der Waals surface area contributed by atoms with Crippen LogP contribution in [0.15, 0.2) is 29.1 Å². The largest absolute Gasteiger partial charge is 0.481 e. The number of carbonyl (C=O) groups excluding carboxylic acids is 1. The Hall–Kier alpha value is -4.29. The Balaban J connectivity index is 1.59. The lowest BCUT2D eigenvalue weighted by Gasteiger charge is -2.39. The number of hydrogen-bond donors (Lipinski definition) is 6. The molecule has 0 saturated carbocycles. The minimum absolute atomic E-state index is 0.00872. The molecule has 1 amide bonds. The van der Waals surface area contributed by atoms with Crippen molar-refractivity contribution >= 4 is 41.0 Å². The normalized spacial score (nSPS) is 17.9. The van der Waals surface area contributed by atoms with Crippen LogP contribution in [0.1, 0.15) is 23.2 Å². The number of nitrogens with zero attached hydrogens (tertiary/aromatic N) is 3. The molecule has 174 valence electrons. The monoisotopic (exact) mass is 457 g/mol. The van der Waals surface area contributed by atoms with Gasteiger partial charge in [-0.25, -0.2) is 4.79 Å². The Bertz CT molecular complexity index is 1150. The van der Waals surface area contributed by atoms with Crippen LogP contribution in [-0.2, 0) is 9.59 Å². The fourth-order valence-electron chi connectivity index (χ4n) is 3.99. The van der Waals surface area contributed by atoms with Crippen LogP contribution in [0.4, 0.5) is 23.1 Å². The summed E-state index contributed by atoms with van der Waals surface area (Å²) >= 11 is 0. The first-order chi connectivity index (χ1) is 15.7. The summed E-state index contributed by atoms with van der Waals surface area (Å²) in [6, 6.07) is 5.13. The van der Waals surface area contributed by atoms with E-state index in [9.17, 15) is 24.3 Å². The molecule has 2 unspecified atom stereocenters. The zero-order valence-electron chi connectivity index (χ0n) is 17.4. The second-order valence-electron chi connectivity index (χ2n) is 7.87. The lowest BCUT2D eigenvalue weighted by molar-refractivity contribution is -0.143. The summed E-state index contributed by atoms with van der Waals surface area (Å²) < 4.78 is 0. The van der Waals surface area contributed by atoms with Crippen LogP contribution in [0.2, 0.25) is 0 Å². The van der Waals surface area contributed by atoms with E-state index < -0.39 is 29.4 Å². The molecule has 5 rings (SSSR count). The third-order valence-electron chi connectivity index (χ3n) is 5.60. The van der Waals surface area contributed by atoms with Crippen LogP contribution in [-0.4, -0.2) is 74.8 Å². The molecule has 2 aromatic rings. The number of nitrogens with one attached hydrogen (secondary N) is 3. The molecule has 3 aliphatic heterocycles. The number of nitrogens with two attached hydrogens (primary N) is 1. The van der Waals surface area contributed by atoms with Gasteiger partial charge in [0.15, 0.2) is 5.82 Å². The molecule has 7 N–H and O–H groups in total. The molecule has 0 radical (unpaired) electrons. The van der Waals surface area contributed by atoms with Gasteiger partial charge in [0.05, 0.1) is 12.7 Å². The van der Waals surface area contributed by atoms with Gasteiger partial charge in [-0.05, 0) is 30.7 Å². The first kappa shape index (κ1) is 21.9. The van der Waals surface area contributed by atoms with Gasteiger partial charge in [0.1, 0.15) is 11.7 Å².